The third-order valence-corrected chi connectivity index (χ3v) is 5.44. The van der Waals surface area contributed by atoms with Crippen LogP contribution in [0.4, 0.5) is 0 Å². The van der Waals surface area contributed by atoms with E-state index in [-0.39, 0.29) is 17.7 Å². The molecule has 28 heavy (non-hydrogen) atoms. The number of hydrogen-bond acceptors (Lipinski definition) is 5. The second kappa shape index (κ2) is 11.0. The van der Waals surface area contributed by atoms with Crippen molar-refractivity contribution < 1.29 is 24.3 Å². The molecule has 3 amide bonds. The van der Waals surface area contributed by atoms with Crippen LogP contribution in [0.5, 0.6) is 0 Å². The smallest absolute Gasteiger partial charge is 0.307 e. The van der Waals surface area contributed by atoms with Crippen LogP contribution in [0.1, 0.15) is 51.9 Å². The molecule has 9 nitrogen and oxygen atoms in total. The van der Waals surface area contributed by atoms with E-state index in [0.29, 0.717) is 31.8 Å². The predicted molar refractivity (Wildman–Crippen MR) is 102 cm³/mol. The maximum atomic E-state index is 12.6. The minimum Gasteiger partial charge on any atom is -0.481 e. The Morgan fingerprint density at radius 2 is 1.86 bits per heavy atom. The first-order chi connectivity index (χ1) is 13.3. The molecule has 0 bridgehead atoms. The summed E-state index contributed by atoms with van der Waals surface area (Å²) in [6.45, 7) is 4.29. The highest BCUT2D eigenvalue weighted by Crippen LogP contribution is 2.21. The molecule has 2 rings (SSSR count). The number of carboxylic acids is 1. The van der Waals surface area contributed by atoms with Gasteiger partial charge in [0.1, 0.15) is 6.17 Å². The van der Waals surface area contributed by atoms with Crippen molar-refractivity contribution in [2.75, 3.05) is 26.2 Å². The Kier molecular flexibility index (Phi) is 8.69. The third-order valence-electron chi connectivity index (χ3n) is 5.44. The lowest BCUT2D eigenvalue weighted by atomic mass is 9.92. The van der Waals surface area contributed by atoms with Gasteiger partial charge in [0.05, 0.1) is 12.3 Å². The molecule has 2 saturated heterocycles. The quantitative estimate of drug-likeness (QED) is 0.430. The number of carbonyl (C=O) groups is 4. The number of carbonyl (C=O) groups excluding carboxylic acids is 3. The maximum absolute atomic E-state index is 12.6. The van der Waals surface area contributed by atoms with Crippen molar-refractivity contribution in [2.24, 2.45) is 11.8 Å². The van der Waals surface area contributed by atoms with Crippen LogP contribution in [0.15, 0.2) is 0 Å². The first-order valence-electron chi connectivity index (χ1n) is 10.1. The van der Waals surface area contributed by atoms with E-state index in [0.717, 1.165) is 38.8 Å². The van der Waals surface area contributed by atoms with Gasteiger partial charge in [-0.05, 0) is 51.1 Å². The van der Waals surface area contributed by atoms with E-state index in [1.54, 1.807) is 4.90 Å². The molecule has 0 unspecified atom stereocenters. The summed E-state index contributed by atoms with van der Waals surface area (Å²) in [7, 11) is 0. The van der Waals surface area contributed by atoms with Gasteiger partial charge in [0, 0.05) is 26.4 Å². The van der Waals surface area contributed by atoms with Gasteiger partial charge in [-0.25, -0.2) is 0 Å². The van der Waals surface area contributed by atoms with Crippen molar-refractivity contribution in [2.45, 2.75) is 58.0 Å². The molecule has 0 aliphatic carbocycles. The van der Waals surface area contributed by atoms with Gasteiger partial charge in [-0.15, -0.1) is 0 Å². The van der Waals surface area contributed by atoms with Crippen LogP contribution in [0.3, 0.4) is 0 Å². The highest BCUT2D eigenvalue weighted by atomic mass is 16.4. The van der Waals surface area contributed by atoms with E-state index in [9.17, 15) is 19.2 Å². The molecule has 0 aromatic carbocycles. The molecule has 9 heteroatoms. The van der Waals surface area contributed by atoms with Crippen LogP contribution >= 0.6 is 0 Å². The van der Waals surface area contributed by atoms with Gasteiger partial charge in [-0.3, -0.25) is 19.2 Å². The van der Waals surface area contributed by atoms with Crippen molar-refractivity contribution in [3.8, 4) is 0 Å². The molecule has 2 aliphatic heterocycles. The zero-order valence-corrected chi connectivity index (χ0v) is 16.5. The predicted octanol–water partition coefficient (Wildman–Crippen LogP) is 0.0579. The van der Waals surface area contributed by atoms with Crippen molar-refractivity contribution in [1.82, 2.24) is 20.9 Å². The van der Waals surface area contributed by atoms with E-state index in [2.05, 4.69) is 16.0 Å². The van der Waals surface area contributed by atoms with Gasteiger partial charge < -0.3 is 26.0 Å². The number of nitrogens with zero attached hydrogens (tertiary/aromatic N) is 1. The molecule has 4 N–H and O–H groups in total. The SMILES string of the molecule is CC(=O)N[C@@H](CC(=O)O)NC(=O)[C@H]1CCCN(C(=O)CCC2CCNCC2)C1. The summed E-state index contributed by atoms with van der Waals surface area (Å²) in [5.74, 6) is -1.57. The highest BCUT2D eigenvalue weighted by Gasteiger charge is 2.30. The Bertz CT molecular complexity index is 561. The lowest BCUT2D eigenvalue weighted by molar-refractivity contribution is -0.138. The topological polar surface area (TPSA) is 128 Å². The molecule has 0 saturated carbocycles. The number of aliphatic carboxylic acids is 1. The summed E-state index contributed by atoms with van der Waals surface area (Å²) in [5.41, 5.74) is 0. The molecule has 0 radical (unpaired) electrons. The van der Waals surface area contributed by atoms with Crippen LogP contribution in [0, 0.1) is 11.8 Å². The second-order valence-corrected chi connectivity index (χ2v) is 7.77. The highest BCUT2D eigenvalue weighted by molar-refractivity contribution is 5.83. The molecular formula is C19H32N4O5. The molecule has 0 aromatic rings. The lowest BCUT2D eigenvalue weighted by Crippen LogP contribution is -2.53. The largest absolute Gasteiger partial charge is 0.481 e. The Hall–Kier alpha value is -2.16. The maximum Gasteiger partial charge on any atom is 0.307 e. The number of amides is 3. The van der Waals surface area contributed by atoms with Crippen LogP contribution in [0.25, 0.3) is 0 Å². The zero-order valence-electron chi connectivity index (χ0n) is 16.5. The number of piperidine rings is 2. The monoisotopic (exact) mass is 396 g/mol. The Morgan fingerprint density at radius 1 is 1.14 bits per heavy atom. The minimum atomic E-state index is -1.11. The van der Waals surface area contributed by atoms with Gasteiger partial charge in [0.15, 0.2) is 0 Å². The van der Waals surface area contributed by atoms with E-state index in [1.807, 2.05) is 0 Å². The first kappa shape index (κ1) is 22.1. The summed E-state index contributed by atoms with van der Waals surface area (Å²) in [4.78, 5) is 49.0. The third kappa shape index (κ3) is 7.46. The van der Waals surface area contributed by atoms with Crippen LogP contribution in [-0.2, 0) is 19.2 Å². The number of likely N-dealkylation sites (tertiary alicyclic amines) is 1. The number of carboxylic acid groups (broad SMARTS) is 1. The Morgan fingerprint density at radius 3 is 2.50 bits per heavy atom. The van der Waals surface area contributed by atoms with Crippen molar-refractivity contribution in [1.29, 1.82) is 0 Å². The average molecular weight is 396 g/mol. The molecule has 2 atom stereocenters. The van der Waals surface area contributed by atoms with Gasteiger partial charge >= 0.3 is 5.97 Å². The van der Waals surface area contributed by atoms with Crippen molar-refractivity contribution in [3.05, 3.63) is 0 Å². The summed E-state index contributed by atoms with van der Waals surface area (Å²) < 4.78 is 0. The Balaban J connectivity index is 1.82. The fraction of sp³-hybridized carbons (Fsp3) is 0.789. The van der Waals surface area contributed by atoms with E-state index >= 15 is 0 Å². The normalized spacial score (nSPS) is 21.6. The van der Waals surface area contributed by atoms with Gasteiger partial charge in [0.25, 0.3) is 0 Å². The van der Waals surface area contributed by atoms with E-state index < -0.39 is 24.5 Å². The Labute approximate surface area is 165 Å². The summed E-state index contributed by atoms with van der Waals surface area (Å²) in [5, 5.41) is 17.3. The summed E-state index contributed by atoms with van der Waals surface area (Å²) >= 11 is 0. The molecular weight excluding hydrogens is 364 g/mol. The standard InChI is InChI=1S/C19H32N4O5/c1-13(24)21-16(11-18(26)27)22-19(28)15-3-2-10-23(12-15)17(25)5-4-14-6-8-20-9-7-14/h14-16,20H,2-12H2,1H3,(H,21,24)(H,22,28)(H,26,27)/t15-,16+/m0/s1. The summed E-state index contributed by atoms with van der Waals surface area (Å²) in [6, 6.07) is 0. The fourth-order valence-electron chi connectivity index (χ4n) is 3.92. The first-order valence-corrected chi connectivity index (χ1v) is 10.1. The zero-order chi connectivity index (χ0) is 20.5. The van der Waals surface area contributed by atoms with E-state index in [1.165, 1.54) is 6.92 Å². The molecule has 0 spiro atoms. The van der Waals surface area contributed by atoms with Gasteiger partial charge in [-0.1, -0.05) is 0 Å². The minimum absolute atomic E-state index is 0.0833. The van der Waals surface area contributed by atoms with Crippen LogP contribution in [0.2, 0.25) is 0 Å². The number of hydrogen-bond donors (Lipinski definition) is 4. The molecule has 2 heterocycles. The number of rotatable bonds is 8. The van der Waals surface area contributed by atoms with Crippen molar-refractivity contribution >= 4 is 23.7 Å². The molecule has 2 aliphatic rings. The van der Waals surface area contributed by atoms with Gasteiger partial charge in [0.2, 0.25) is 17.7 Å². The second-order valence-electron chi connectivity index (χ2n) is 7.77. The van der Waals surface area contributed by atoms with Crippen molar-refractivity contribution in [3.63, 3.8) is 0 Å². The van der Waals surface area contributed by atoms with Crippen LogP contribution in [-0.4, -0.2) is 66.0 Å². The average Bonchev–Trinajstić information content (AvgIpc) is 2.66. The summed E-state index contributed by atoms with van der Waals surface area (Å²) in [6.07, 6.45) is 3.64. The van der Waals surface area contributed by atoms with Crippen LogP contribution < -0.4 is 16.0 Å². The fourth-order valence-corrected chi connectivity index (χ4v) is 3.92. The van der Waals surface area contributed by atoms with E-state index in [4.69, 9.17) is 5.11 Å². The molecule has 0 aromatic heterocycles. The lowest BCUT2D eigenvalue weighted by Gasteiger charge is -2.33. The number of nitrogens with one attached hydrogen (secondary N) is 3. The molecule has 158 valence electrons. The van der Waals surface area contributed by atoms with Gasteiger partial charge in [-0.2, -0.15) is 0 Å². The molecule has 2 fully saturated rings.